The summed E-state index contributed by atoms with van der Waals surface area (Å²) >= 11 is 0. The summed E-state index contributed by atoms with van der Waals surface area (Å²) in [6, 6.07) is 16.2. The van der Waals surface area contributed by atoms with Crippen LogP contribution in [0.1, 0.15) is 11.1 Å². The molecule has 3 aromatic rings. The highest BCUT2D eigenvalue weighted by Gasteiger charge is 2.15. The van der Waals surface area contributed by atoms with E-state index in [1.165, 1.54) is 12.1 Å². The van der Waals surface area contributed by atoms with Crippen LogP contribution < -0.4 is 10.6 Å². The Hall–Kier alpha value is -3.70. The van der Waals surface area contributed by atoms with Gasteiger partial charge in [-0.15, -0.1) is 0 Å². The minimum Gasteiger partial charge on any atom is -0.334 e. The Morgan fingerprint density at radius 3 is 2.40 bits per heavy atom. The standard InChI is InChI=1S/C22H20N4O3S/c1-23-21-5-3-2-4-18(21)12-15-30(28,29)20-8-6-19(7-9-20)26-22(27)25-16-17-10-13-24-14-11-17/h2-11,13-14H,12,15-16H2,(H2,25,26,27). The van der Waals surface area contributed by atoms with Gasteiger partial charge in [0.1, 0.15) is 0 Å². The number of anilines is 1. The monoisotopic (exact) mass is 420 g/mol. The number of sulfone groups is 1. The van der Waals surface area contributed by atoms with Crippen LogP contribution in [0, 0.1) is 6.57 Å². The highest BCUT2D eigenvalue weighted by molar-refractivity contribution is 7.91. The molecule has 7 nitrogen and oxygen atoms in total. The molecule has 0 atom stereocenters. The smallest absolute Gasteiger partial charge is 0.319 e. The molecule has 0 aliphatic rings. The lowest BCUT2D eigenvalue weighted by atomic mass is 10.1. The van der Waals surface area contributed by atoms with E-state index in [1.54, 1.807) is 60.9 Å². The quantitative estimate of drug-likeness (QED) is 0.566. The van der Waals surface area contributed by atoms with Gasteiger partial charge >= 0.3 is 6.03 Å². The summed E-state index contributed by atoms with van der Waals surface area (Å²) in [5.74, 6) is -0.0985. The predicted octanol–water partition coefficient (Wildman–Crippen LogP) is 3.97. The van der Waals surface area contributed by atoms with Crippen molar-refractivity contribution in [3.63, 3.8) is 0 Å². The number of benzene rings is 2. The molecule has 0 spiro atoms. The van der Waals surface area contributed by atoms with Crippen molar-refractivity contribution in [3.8, 4) is 0 Å². The molecule has 2 N–H and O–H groups in total. The number of hydrogen-bond donors (Lipinski definition) is 2. The second kappa shape index (κ2) is 9.67. The van der Waals surface area contributed by atoms with Crippen molar-refractivity contribution in [2.45, 2.75) is 17.9 Å². The first-order chi connectivity index (χ1) is 14.5. The van der Waals surface area contributed by atoms with E-state index in [4.69, 9.17) is 6.57 Å². The molecule has 152 valence electrons. The summed E-state index contributed by atoms with van der Waals surface area (Å²) in [6.45, 7) is 7.53. The van der Waals surface area contributed by atoms with E-state index in [2.05, 4.69) is 20.5 Å². The van der Waals surface area contributed by atoms with Gasteiger partial charge in [-0.25, -0.2) is 18.1 Å². The van der Waals surface area contributed by atoms with Gasteiger partial charge < -0.3 is 10.6 Å². The fourth-order valence-electron chi connectivity index (χ4n) is 2.80. The van der Waals surface area contributed by atoms with Crippen molar-refractivity contribution < 1.29 is 13.2 Å². The van der Waals surface area contributed by atoms with Gasteiger partial charge in [0, 0.05) is 24.6 Å². The molecule has 0 saturated heterocycles. The Morgan fingerprint density at radius 2 is 1.70 bits per heavy atom. The minimum atomic E-state index is -3.51. The van der Waals surface area contributed by atoms with Crippen LogP contribution >= 0.6 is 0 Å². The predicted molar refractivity (Wildman–Crippen MR) is 115 cm³/mol. The molecule has 0 fully saturated rings. The molecule has 0 saturated carbocycles. The Bertz CT molecular complexity index is 1150. The highest BCUT2D eigenvalue weighted by atomic mass is 32.2. The largest absolute Gasteiger partial charge is 0.334 e. The van der Waals surface area contributed by atoms with Crippen molar-refractivity contribution >= 4 is 27.2 Å². The molecule has 0 unspecified atom stereocenters. The number of aromatic nitrogens is 1. The number of carbonyl (C=O) groups is 1. The number of nitrogens with one attached hydrogen (secondary N) is 2. The van der Waals surface area contributed by atoms with Crippen molar-refractivity contribution in [2.24, 2.45) is 0 Å². The van der Waals surface area contributed by atoms with Crippen molar-refractivity contribution in [2.75, 3.05) is 11.1 Å². The molecule has 2 aromatic carbocycles. The number of para-hydroxylation sites is 1. The third-order valence-electron chi connectivity index (χ3n) is 4.43. The maximum Gasteiger partial charge on any atom is 0.319 e. The number of pyridine rings is 1. The lowest BCUT2D eigenvalue weighted by molar-refractivity contribution is 0.251. The van der Waals surface area contributed by atoms with Gasteiger partial charge in [0.25, 0.3) is 0 Å². The Balaban J connectivity index is 1.57. The van der Waals surface area contributed by atoms with Crippen molar-refractivity contribution in [3.05, 3.63) is 95.6 Å². The molecule has 1 aromatic heterocycles. The maximum atomic E-state index is 12.6. The van der Waals surface area contributed by atoms with Gasteiger partial charge in [-0.1, -0.05) is 24.3 Å². The molecule has 0 radical (unpaired) electrons. The molecular formula is C22H20N4O3S. The van der Waals surface area contributed by atoms with E-state index >= 15 is 0 Å². The zero-order valence-electron chi connectivity index (χ0n) is 16.1. The first-order valence-electron chi connectivity index (χ1n) is 9.20. The van der Waals surface area contributed by atoms with Gasteiger partial charge in [-0.2, -0.15) is 0 Å². The Kier molecular flexibility index (Phi) is 6.78. The second-order valence-electron chi connectivity index (χ2n) is 6.50. The number of amides is 2. The number of rotatable bonds is 7. The number of nitrogens with zero attached hydrogens (tertiary/aromatic N) is 2. The molecule has 2 amide bonds. The van der Waals surface area contributed by atoms with Crippen LogP contribution in [0.3, 0.4) is 0 Å². The van der Waals surface area contributed by atoms with Gasteiger partial charge in [0.05, 0.1) is 17.2 Å². The van der Waals surface area contributed by atoms with Crippen LogP contribution in [0.2, 0.25) is 0 Å². The fourth-order valence-corrected chi connectivity index (χ4v) is 4.07. The summed E-state index contributed by atoms with van der Waals surface area (Å²) in [6.07, 6.45) is 3.56. The Morgan fingerprint density at radius 1 is 1.00 bits per heavy atom. The summed E-state index contributed by atoms with van der Waals surface area (Å²) in [4.78, 5) is 19.5. The Labute approximate surface area is 175 Å². The van der Waals surface area contributed by atoms with E-state index in [9.17, 15) is 13.2 Å². The van der Waals surface area contributed by atoms with Gasteiger partial charge in [-0.05, 0) is 53.9 Å². The number of urea groups is 1. The van der Waals surface area contributed by atoms with E-state index in [-0.39, 0.29) is 17.1 Å². The lowest BCUT2D eigenvalue weighted by Gasteiger charge is -2.09. The van der Waals surface area contributed by atoms with Crippen LogP contribution in [0.15, 0.2) is 78.0 Å². The summed E-state index contributed by atoms with van der Waals surface area (Å²) in [7, 11) is -3.51. The normalized spacial score (nSPS) is 10.8. The van der Waals surface area contributed by atoms with E-state index in [1.807, 2.05) is 0 Å². The molecule has 8 heteroatoms. The first kappa shape index (κ1) is 21.0. The molecule has 30 heavy (non-hydrogen) atoms. The van der Waals surface area contributed by atoms with Crippen LogP contribution in [0.5, 0.6) is 0 Å². The van der Waals surface area contributed by atoms with Crippen LogP contribution in [-0.4, -0.2) is 25.2 Å². The minimum absolute atomic E-state index is 0.0985. The molecule has 0 bridgehead atoms. The number of carbonyl (C=O) groups excluding carboxylic acids is 1. The van der Waals surface area contributed by atoms with Crippen molar-refractivity contribution in [1.29, 1.82) is 0 Å². The lowest BCUT2D eigenvalue weighted by Crippen LogP contribution is -2.28. The zero-order chi connectivity index (χ0) is 21.4. The van der Waals surface area contributed by atoms with E-state index < -0.39 is 15.9 Å². The SMILES string of the molecule is [C-]#[N+]c1ccccc1CCS(=O)(=O)c1ccc(NC(=O)NCc2ccncc2)cc1. The van der Waals surface area contributed by atoms with E-state index in [0.717, 1.165) is 5.56 Å². The third-order valence-corrected chi connectivity index (χ3v) is 6.16. The van der Waals surface area contributed by atoms with E-state index in [0.29, 0.717) is 23.5 Å². The van der Waals surface area contributed by atoms with Crippen LogP contribution in [0.4, 0.5) is 16.2 Å². The highest BCUT2D eigenvalue weighted by Crippen LogP contribution is 2.21. The first-order valence-corrected chi connectivity index (χ1v) is 10.8. The molecule has 0 aliphatic heterocycles. The number of aryl methyl sites for hydroxylation is 1. The van der Waals surface area contributed by atoms with Crippen LogP contribution in [-0.2, 0) is 22.8 Å². The van der Waals surface area contributed by atoms with Gasteiger partial charge in [0.15, 0.2) is 15.5 Å². The summed E-state index contributed by atoms with van der Waals surface area (Å²) in [5, 5.41) is 5.39. The maximum absolute atomic E-state index is 12.6. The van der Waals surface area contributed by atoms with Gasteiger partial charge in [-0.3, -0.25) is 4.98 Å². The molecular weight excluding hydrogens is 400 g/mol. The summed E-state index contributed by atoms with van der Waals surface area (Å²) in [5.41, 5.74) is 2.58. The zero-order valence-corrected chi connectivity index (χ0v) is 16.9. The molecule has 0 aliphatic carbocycles. The average molecular weight is 420 g/mol. The van der Waals surface area contributed by atoms with Gasteiger partial charge in [0.2, 0.25) is 0 Å². The fraction of sp³-hybridized carbons (Fsp3) is 0.136. The molecule has 1 heterocycles. The molecule has 3 rings (SSSR count). The average Bonchev–Trinajstić information content (AvgIpc) is 2.77. The third kappa shape index (κ3) is 5.65. The van der Waals surface area contributed by atoms with Crippen LogP contribution in [0.25, 0.3) is 4.85 Å². The second-order valence-corrected chi connectivity index (χ2v) is 8.61. The number of hydrogen-bond acceptors (Lipinski definition) is 4. The topological polar surface area (TPSA) is 92.5 Å². The summed E-state index contributed by atoms with van der Waals surface area (Å²) < 4.78 is 25.2. The van der Waals surface area contributed by atoms with Crippen molar-refractivity contribution in [1.82, 2.24) is 10.3 Å².